The normalized spacial score (nSPS) is 17.1. The minimum absolute atomic E-state index is 0.108. The molecule has 10 heteroatoms. The summed E-state index contributed by atoms with van der Waals surface area (Å²) in [5.41, 5.74) is 3.65. The number of carbonyl (C=O) groups excluding carboxylic acids is 2. The Kier molecular flexibility index (Phi) is 10.4. The van der Waals surface area contributed by atoms with Gasteiger partial charge in [-0.2, -0.15) is 8.42 Å². The van der Waals surface area contributed by atoms with Crippen molar-refractivity contribution in [3.63, 3.8) is 0 Å². The van der Waals surface area contributed by atoms with Crippen LogP contribution >= 0.6 is 0 Å². The van der Waals surface area contributed by atoms with Crippen LogP contribution in [0.2, 0.25) is 0 Å². The first kappa shape index (κ1) is 35.9. The summed E-state index contributed by atoms with van der Waals surface area (Å²) in [5, 5.41) is 9.78. The maximum atomic E-state index is 15.2. The molecule has 1 saturated heterocycles. The van der Waals surface area contributed by atoms with Crippen molar-refractivity contribution >= 4 is 21.9 Å². The van der Waals surface area contributed by atoms with E-state index in [9.17, 15) is 22.6 Å². The number of rotatable bonds is 10. The van der Waals surface area contributed by atoms with Crippen LogP contribution in [0.3, 0.4) is 0 Å². The molecule has 2 atom stereocenters. The molecule has 1 aliphatic rings. The minimum atomic E-state index is -4.30. The molecule has 8 nitrogen and oxygen atoms in total. The fourth-order valence-corrected chi connectivity index (χ4v) is 7.40. The molecule has 0 saturated carbocycles. The molecular weight excluding hydrogens is 642 g/mol. The highest BCUT2D eigenvalue weighted by Gasteiger charge is 2.39. The molecule has 5 rings (SSSR count). The van der Waals surface area contributed by atoms with Gasteiger partial charge in [0.15, 0.2) is 0 Å². The molecule has 49 heavy (non-hydrogen) atoms. The molecule has 258 valence electrons. The standard InChI is InChI=1S/C39H44FN3O5S/c1-25(30-17-20-33(34(40)22-30)29-9-7-6-8-10-29)36(44)42-35(37(45)41-31-23-38(2,3)43-39(4,5)24-31)21-26-11-13-27(14-12-26)28-15-18-32(19-16-28)49(46,47)48/h6-20,22,25,31,35,43H,21,23-24H2,1-5H3,(H,41,45)(H,42,44)(H,46,47,48)/t25-,35-/m0/s1. The lowest BCUT2D eigenvalue weighted by molar-refractivity contribution is -0.130. The first-order valence-corrected chi connectivity index (χ1v) is 17.9. The second kappa shape index (κ2) is 14.2. The summed E-state index contributed by atoms with van der Waals surface area (Å²) in [6.45, 7) is 10.1. The smallest absolute Gasteiger partial charge is 0.294 e. The second-order valence-electron chi connectivity index (χ2n) is 14.3. The van der Waals surface area contributed by atoms with Gasteiger partial charge < -0.3 is 16.0 Å². The zero-order valence-electron chi connectivity index (χ0n) is 28.5. The molecule has 1 aliphatic heterocycles. The summed E-state index contributed by atoms with van der Waals surface area (Å²) < 4.78 is 47.4. The topological polar surface area (TPSA) is 125 Å². The van der Waals surface area contributed by atoms with E-state index in [0.29, 0.717) is 11.1 Å². The van der Waals surface area contributed by atoms with Gasteiger partial charge in [-0.3, -0.25) is 14.1 Å². The van der Waals surface area contributed by atoms with Gasteiger partial charge in [0.05, 0.1) is 10.8 Å². The lowest BCUT2D eigenvalue weighted by Gasteiger charge is -2.46. The van der Waals surface area contributed by atoms with Crippen LogP contribution in [0.15, 0.2) is 102 Å². The van der Waals surface area contributed by atoms with E-state index in [2.05, 4.69) is 43.6 Å². The predicted octanol–water partition coefficient (Wildman–Crippen LogP) is 6.66. The van der Waals surface area contributed by atoms with E-state index in [1.165, 1.54) is 18.2 Å². The lowest BCUT2D eigenvalue weighted by Crippen LogP contribution is -2.63. The Labute approximate surface area is 288 Å². The van der Waals surface area contributed by atoms with Crippen LogP contribution in [0.1, 0.15) is 64.5 Å². The SMILES string of the molecule is C[C@H](C(=O)N[C@@H](Cc1ccc(-c2ccc(S(=O)(=O)O)cc2)cc1)C(=O)NC1CC(C)(C)NC(C)(C)C1)c1ccc(-c2ccccc2)c(F)c1. The van der Waals surface area contributed by atoms with Crippen LogP contribution in [0, 0.1) is 5.82 Å². The molecule has 0 aromatic heterocycles. The molecule has 0 bridgehead atoms. The number of nitrogens with one attached hydrogen (secondary N) is 3. The molecule has 0 unspecified atom stereocenters. The Morgan fingerprint density at radius 3 is 1.96 bits per heavy atom. The van der Waals surface area contributed by atoms with E-state index in [4.69, 9.17) is 0 Å². The fourth-order valence-electron chi connectivity index (χ4n) is 6.92. The largest absolute Gasteiger partial charge is 0.351 e. The van der Waals surface area contributed by atoms with Crippen LogP contribution in [-0.2, 0) is 26.1 Å². The van der Waals surface area contributed by atoms with Crippen molar-refractivity contribution in [1.29, 1.82) is 0 Å². The van der Waals surface area contributed by atoms with Gasteiger partial charge in [0.25, 0.3) is 10.1 Å². The van der Waals surface area contributed by atoms with Crippen molar-refractivity contribution in [3.8, 4) is 22.3 Å². The highest BCUT2D eigenvalue weighted by atomic mass is 32.2. The van der Waals surface area contributed by atoms with E-state index < -0.39 is 33.8 Å². The molecule has 0 radical (unpaired) electrons. The first-order chi connectivity index (χ1) is 23.0. The van der Waals surface area contributed by atoms with Gasteiger partial charge in [-0.15, -0.1) is 0 Å². The van der Waals surface area contributed by atoms with Gasteiger partial charge in [-0.1, -0.05) is 78.9 Å². The Morgan fingerprint density at radius 1 is 0.837 bits per heavy atom. The zero-order valence-corrected chi connectivity index (χ0v) is 29.3. The quantitative estimate of drug-likeness (QED) is 0.138. The first-order valence-electron chi connectivity index (χ1n) is 16.4. The molecule has 2 amide bonds. The van der Waals surface area contributed by atoms with Crippen LogP contribution in [-0.4, -0.2) is 47.9 Å². The molecule has 4 N–H and O–H groups in total. The Hall–Kier alpha value is -4.38. The predicted molar refractivity (Wildman–Crippen MR) is 190 cm³/mol. The lowest BCUT2D eigenvalue weighted by atomic mass is 9.79. The van der Waals surface area contributed by atoms with Gasteiger partial charge in [-0.05, 0) is 93.5 Å². The summed E-state index contributed by atoms with van der Waals surface area (Å²) in [6, 6.07) is 26.3. The van der Waals surface area contributed by atoms with Crippen molar-refractivity contribution < 1.29 is 27.0 Å². The third-order valence-electron chi connectivity index (χ3n) is 9.02. The fraction of sp³-hybridized carbons (Fsp3) is 0.333. The van der Waals surface area contributed by atoms with Crippen molar-refractivity contribution in [3.05, 3.63) is 114 Å². The van der Waals surface area contributed by atoms with Crippen LogP contribution in [0.4, 0.5) is 4.39 Å². The van der Waals surface area contributed by atoms with Crippen LogP contribution < -0.4 is 16.0 Å². The van der Waals surface area contributed by atoms with E-state index in [0.717, 1.165) is 35.1 Å². The van der Waals surface area contributed by atoms with Gasteiger partial charge >= 0.3 is 0 Å². The maximum Gasteiger partial charge on any atom is 0.294 e. The van der Waals surface area contributed by atoms with Crippen molar-refractivity contribution in [2.45, 2.75) is 87.9 Å². The van der Waals surface area contributed by atoms with Crippen LogP contribution in [0.25, 0.3) is 22.3 Å². The molecule has 1 heterocycles. The number of hydrogen-bond donors (Lipinski definition) is 4. The Bertz CT molecular complexity index is 1890. The number of carbonyl (C=O) groups is 2. The highest BCUT2D eigenvalue weighted by Crippen LogP contribution is 2.30. The van der Waals surface area contributed by atoms with Gasteiger partial charge in [0.1, 0.15) is 11.9 Å². The number of halogens is 1. The maximum absolute atomic E-state index is 15.2. The summed E-state index contributed by atoms with van der Waals surface area (Å²) in [5.74, 6) is -1.84. The second-order valence-corrected chi connectivity index (χ2v) is 15.7. The molecular formula is C39H44FN3O5S. The van der Waals surface area contributed by atoms with Gasteiger partial charge in [0.2, 0.25) is 11.8 Å². The average molecular weight is 686 g/mol. The zero-order chi connectivity index (χ0) is 35.6. The third kappa shape index (κ3) is 9.20. The number of amides is 2. The number of benzene rings is 4. The molecule has 4 aromatic rings. The molecule has 0 spiro atoms. The van der Waals surface area contributed by atoms with Gasteiger partial charge in [-0.25, -0.2) is 4.39 Å². The third-order valence-corrected chi connectivity index (χ3v) is 9.89. The average Bonchev–Trinajstić information content (AvgIpc) is 3.03. The number of hydrogen-bond acceptors (Lipinski definition) is 5. The highest BCUT2D eigenvalue weighted by molar-refractivity contribution is 7.85. The molecule has 4 aromatic carbocycles. The molecule has 0 aliphatic carbocycles. The summed E-state index contributed by atoms with van der Waals surface area (Å²) >= 11 is 0. The monoisotopic (exact) mass is 685 g/mol. The Balaban J connectivity index is 1.35. The minimum Gasteiger partial charge on any atom is -0.351 e. The van der Waals surface area contributed by atoms with Gasteiger partial charge in [0, 0.05) is 29.1 Å². The number of piperidine rings is 1. The van der Waals surface area contributed by atoms with E-state index >= 15 is 4.39 Å². The van der Waals surface area contributed by atoms with E-state index in [1.54, 1.807) is 31.2 Å². The van der Waals surface area contributed by atoms with Crippen molar-refractivity contribution in [2.75, 3.05) is 0 Å². The van der Waals surface area contributed by atoms with Crippen molar-refractivity contribution in [1.82, 2.24) is 16.0 Å². The summed E-state index contributed by atoms with van der Waals surface area (Å²) in [4.78, 5) is 27.4. The Morgan fingerprint density at radius 2 is 1.41 bits per heavy atom. The van der Waals surface area contributed by atoms with E-state index in [-0.39, 0.29) is 34.3 Å². The summed E-state index contributed by atoms with van der Waals surface area (Å²) in [7, 11) is -4.30. The summed E-state index contributed by atoms with van der Waals surface area (Å²) in [6.07, 6.45) is 1.65. The molecule has 1 fully saturated rings. The van der Waals surface area contributed by atoms with E-state index in [1.807, 2.05) is 54.6 Å². The van der Waals surface area contributed by atoms with Crippen LogP contribution in [0.5, 0.6) is 0 Å². The van der Waals surface area contributed by atoms with Crippen molar-refractivity contribution in [2.24, 2.45) is 0 Å².